The van der Waals surface area contributed by atoms with Crippen molar-refractivity contribution in [1.82, 2.24) is 19.4 Å². The van der Waals surface area contributed by atoms with Crippen LogP contribution in [0.25, 0.3) is 11.0 Å². The minimum absolute atomic E-state index is 0.0887. The first-order valence-corrected chi connectivity index (χ1v) is 9.05. The molecule has 4 rings (SSSR count). The van der Waals surface area contributed by atoms with Crippen molar-refractivity contribution in [3.05, 3.63) is 58.4 Å². The largest absolute Gasteiger partial charge is 0.464 e. The van der Waals surface area contributed by atoms with Crippen molar-refractivity contribution in [2.24, 2.45) is 0 Å². The van der Waals surface area contributed by atoms with Crippen LogP contribution in [0.2, 0.25) is 0 Å². The molecule has 0 spiro atoms. The van der Waals surface area contributed by atoms with Gasteiger partial charge in [-0.05, 0) is 36.2 Å². The number of nitrogens with one attached hydrogen (secondary N) is 1. The summed E-state index contributed by atoms with van der Waals surface area (Å²) in [5.41, 5.74) is 1.16. The lowest BCUT2D eigenvalue weighted by Gasteiger charge is -2.34. The Kier molecular flexibility index (Phi) is 4.74. The van der Waals surface area contributed by atoms with Gasteiger partial charge >= 0.3 is 11.8 Å². The number of imidazole rings is 1. The van der Waals surface area contributed by atoms with Crippen molar-refractivity contribution in [3.8, 4) is 0 Å². The maximum Gasteiger partial charge on any atom is 0.420 e. The van der Waals surface area contributed by atoms with E-state index in [1.54, 1.807) is 29.2 Å². The van der Waals surface area contributed by atoms with Crippen LogP contribution in [0.3, 0.4) is 0 Å². The second-order valence-corrected chi connectivity index (χ2v) is 6.76. The van der Waals surface area contributed by atoms with Crippen molar-refractivity contribution < 1.29 is 19.1 Å². The number of piperazine rings is 1. The van der Waals surface area contributed by atoms with Crippen LogP contribution < -0.4 is 5.69 Å². The van der Waals surface area contributed by atoms with Gasteiger partial charge in [-0.1, -0.05) is 6.07 Å². The number of furan rings is 1. The second kappa shape index (κ2) is 7.35. The van der Waals surface area contributed by atoms with Gasteiger partial charge in [0.1, 0.15) is 0 Å². The molecule has 9 heteroatoms. The second-order valence-electron chi connectivity index (χ2n) is 6.76. The topological polar surface area (TPSA) is 112 Å². The summed E-state index contributed by atoms with van der Waals surface area (Å²) in [7, 11) is 0. The molecule has 1 amide bonds. The Morgan fingerprint density at radius 2 is 1.93 bits per heavy atom. The number of hydrogen-bond acceptors (Lipinski definition) is 5. The van der Waals surface area contributed by atoms with Crippen LogP contribution >= 0.6 is 0 Å². The van der Waals surface area contributed by atoms with Gasteiger partial charge < -0.3 is 19.4 Å². The molecule has 0 atom stereocenters. The van der Waals surface area contributed by atoms with Gasteiger partial charge in [-0.3, -0.25) is 9.69 Å². The smallest absolute Gasteiger partial charge is 0.420 e. The number of hydrogen-bond donors (Lipinski definition) is 2. The molecule has 3 heterocycles. The molecule has 0 radical (unpaired) electrons. The standard InChI is InChI=1S/C19H20N4O5/c24-17(16-2-1-11-28-16)22-9-7-21(8-10-22)6-5-13-3-4-14-15(12-13)23(19(26)27)18(25)20-14/h1-4,11-12H,5-10H2,(H,20,25)(H,26,27). The molecule has 28 heavy (non-hydrogen) atoms. The number of aromatic nitrogens is 2. The van der Waals surface area contributed by atoms with E-state index in [0.717, 1.165) is 36.2 Å². The fourth-order valence-electron chi connectivity index (χ4n) is 3.51. The van der Waals surface area contributed by atoms with Gasteiger partial charge in [-0.15, -0.1) is 0 Å². The number of H-pyrrole nitrogens is 1. The molecule has 1 aliphatic rings. The zero-order valence-electron chi connectivity index (χ0n) is 15.1. The molecule has 9 nitrogen and oxygen atoms in total. The van der Waals surface area contributed by atoms with E-state index in [2.05, 4.69) is 9.88 Å². The first-order chi connectivity index (χ1) is 13.5. The maximum atomic E-state index is 12.3. The zero-order valence-corrected chi connectivity index (χ0v) is 15.1. The Morgan fingerprint density at radius 1 is 1.14 bits per heavy atom. The third-order valence-electron chi connectivity index (χ3n) is 5.05. The van der Waals surface area contributed by atoms with Crippen molar-refractivity contribution >= 4 is 23.0 Å². The van der Waals surface area contributed by atoms with Gasteiger partial charge in [0.05, 0.1) is 17.3 Å². The molecule has 146 valence electrons. The number of benzene rings is 1. The molecule has 1 saturated heterocycles. The number of rotatable bonds is 4. The van der Waals surface area contributed by atoms with Crippen LogP contribution in [0.5, 0.6) is 0 Å². The molecule has 2 N–H and O–H groups in total. The average molecular weight is 384 g/mol. The van der Waals surface area contributed by atoms with E-state index in [1.807, 2.05) is 6.07 Å². The molecule has 2 aromatic heterocycles. The number of carboxylic acid groups (broad SMARTS) is 1. The quantitative estimate of drug-likeness (QED) is 0.704. The number of carbonyl (C=O) groups is 2. The molecular formula is C19H20N4O5. The highest BCUT2D eigenvalue weighted by Crippen LogP contribution is 2.15. The SMILES string of the molecule is O=C(c1ccco1)N1CCN(CCc2ccc3[nH]c(=O)n(C(=O)O)c3c2)CC1. The average Bonchev–Trinajstić information content (AvgIpc) is 3.33. The van der Waals surface area contributed by atoms with Gasteiger partial charge in [-0.25, -0.2) is 9.59 Å². The van der Waals surface area contributed by atoms with Crippen molar-refractivity contribution in [1.29, 1.82) is 0 Å². The molecular weight excluding hydrogens is 364 g/mol. The van der Waals surface area contributed by atoms with Crippen molar-refractivity contribution in [3.63, 3.8) is 0 Å². The van der Waals surface area contributed by atoms with E-state index in [1.165, 1.54) is 6.26 Å². The number of carbonyl (C=O) groups excluding carboxylic acids is 1. The van der Waals surface area contributed by atoms with E-state index in [4.69, 9.17) is 4.42 Å². The minimum atomic E-state index is -1.30. The Hall–Kier alpha value is -3.33. The highest BCUT2D eigenvalue weighted by molar-refractivity contribution is 5.91. The van der Waals surface area contributed by atoms with Gasteiger partial charge in [0.25, 0.3) is 5.91 Å². The lowest BCUT2D eigenvalue weighted by Crippen LogP contribution is -2.49. The molecule has 1 aliphatic heterocycles. The number of amides is 1. The molecule has 0 unspecified atom stereocenters. The fraction of sp³-hybridized carbons (Fsp3) is 0.316. The minimum Gasteiger partial charge on any atom is -0.464 e. The van der Waals surface area contributed by atoms with Crippen LogP contribution in [0.15, 0.2) is 45.8 Å². The van der Waals surface area contributed by atoms with Crippen LogP contribution in [0, 0.1) is 0 Å². The molecule has 0 saturated carbocycles. The zero-order chi connectivity index (χ0) is 19.7. The molecule has 0 bridgehead atoms. The number of nitrogens with zero attached hydrogens (tertiary/aromatic N) is 3. The first kappa shape index (κ1) is 18.1. The Labute approximate surface area is 159 Å². The third kappa shape index (κ3) is 3.44. The third-order valence-corrected chi connectivity index (χ3v) is 5.05. The van der Waals surface area contributed by atoms with Crippen LogP contribution in [0.4, 0.5) is 4.79 Å². The summed E-state index contributed by atoms with van der Waals surface area (Å²) in [4.78, 5) is 41.9. The summed E-state index contributed by atoms with van der Waals surface area (Å²) in [6, 6.07) is 8.72. The summed E-state index contributed by atoms with van der Waals surface area (Å²) in [5.74, 6) is 0.270. The Morgan fingerprint density at radius 3 is 2.61 bits per heavy atom. The number of aromatic amines is 1. The molecule has 1 aromatic carbocycles. The van der Waals surface area contributed by atoms with Crippen molar-refractivity contribution in [2.45, 2.75) is 6.42 Å². The van der Waals surface area contributed by atoms with Gasteiger partial charge in [0.2, 0.25) is 0 Å². The number of fused-ring (bicyclic) bond motifs is 1. The summed E-state index contributed by atoms with van der Waals surface area (Å²) in [6.45, 7) is 3.58. The fourth-order valence-corrected chi connectivity index (χ4v) is 3.51. The monoisotopic (exact) mass is 384 g/mol. The molecule has 3 aromatic rings. The molecule has 1 fully saturated rings. The maximum absolute atomic E-state index is 12.3. The lowest BCUT2D eigenvalue weighted by atomic mass is 10.1. The summed E-state index contributed by atoms with van der Waals surface area (Å²) in [5, 5.41) is 9.21. The first-order valence-electron chi connectivity index (χ1n) is 9.05. The highest BCUT2D eigenvalue weighted by atomic mass is 16.4. The highest BCUT2D eigenvalue weighted by Gasteiger charge is 2.23. The van der Waals surface area contributed by atoms with Crippen LogP contribution in [-0.2, 0) is 6.42 Å². The Balaban J connectivity index is 1.36. The predicted molar refractivity (Wildman–Crippen MR) is 101 cm³/mol. The van der Waals surface area contributed by atoms with E-state index in [0.29, 0.717) is 29.9 Å². The van der Waals surface area contributed by atoms with Crippen molar-refractivity contribution in [2.75, 3.05) is 32.7 Å². The summed E-state index contributed by atoms with van der Waals surface area (Å²) in [6.07, 6.45) is 0.918. The van der Waals surface area contributed by atoms with E-state index < -0.39 is 11.8 Å². The van der Waals surface area contributed by atoms with Gasteiger partial charge in [-0.2, -0.15) is 4.57 Å². The van der Waals surface area contributed by atoms with E-state index >= 15 is 0 Å². The summed E-state index contributed by atoms with van der Waals surface area (Å²) >= 11 is 0. The van der Waals surface area contributed by atoms with Crippen LogP contribution in [0.1, 0.15) is 16.1 Å². The summed E-state index contributed by atoms with van der Waals surface area (Å²) < 4.78 is 5.89. The van der Waals surface area contributed by atoms with E-state index in [-0.39, 0.29) is 5.91 Å². The Bertz CT molecular complexity index is 1060. The lowest BCUT2D eigenvalue weighted by molar-refractivity contribution is 0.0607. The van der Waals surface area contributed by atoms with Gasteiger partial charge in [0.15, 0.2) is 5.76 Å². The van der Waals surface area contributed by atoms with Crippen LogP contribution in [-0.4, -0.2) is 69.2 Å². The predicted octanol–water partition coefficient (Wildman–Crippen LogP) is 1.45. The van der Waals surface area contributed by atoms with Gasteiger partial charge in [0, 0.05) is 32.7 Å². The molecule has 0 aliphatic carbocycles. The van der Waals surface area contributed by atoms with E-state index in [9.17, 15) is 19.5 Å². The normalized spacial score (nSPS) is 15.2.